The van der Waals surface area contributed by atoms with Crippen molar-refractivity contribution in [2.75, 3.05) is 11.6 Å². The second-order valence-corrected chi connectivity index (χ2v) is 9.72. The van der Waals surface area contributed by atoms with Gasteiger partial charge in [0.25, 0.3) is 0 Å². The molecule has 3 aromatic rings. The first-order valence-electron chi connectivity index (χ1n) is 8.36. The molecule has 0 spiro atoms. The van der Waals surface area contributed by atoms with Crippen LogP contribution in [0, 0.1) is 0 Å². The highest BCUT2D eigenvalue weighted by molar-refractivity contribution is 7.90. The van der Waals surface area contributed by atoms with Crippen molar-refractivity contribution in [1.29, 1.82) is 0 Å². The van der Waals surface area contributed by atoms with Crippen molar-refractivity contribution in [3.8, 4) is 0 Å². The molecule has 0 unspecified atom stereocenters. The molecule has 1 saturated carbocycles. The summed E-state index contributed by atoms with van der Waals surface area (Å²) < 4.78 is 24.2. The molecule has 1 amide bonds. The van der Waals surface area contributed by atoms with Crippen molar-refractivity contribution >= 4 is 42.4 Å². The third-order valence-corrected chi connectivity index (χ3v) is 7.02. The predicted molar refractivity (Wildman–Crippen MR) is 103 cm³/mol. The third-order valence-electron chi connectivity index (χ3n) is 4.98. The molecule has 1 fully saturated rings. The van der Waals surface area contributed by atoms with Crippen LogP contribution < -0.4 is 5.32 Å². The van der Waals surface area contributed by atoms with Crippen molar-refractivity contribution in [1.82, 2.24) is 4.98 Å². The minimum atomic E-state index is -3.27. The van der Waals surface area contributed by atoms with Crippen LogP contribution in [-0.4, -0.2) is 25.6 Å². The second-order valence-electron chi connectivity index (χ2n) is 6.68. The topological polar surface area (TPSA) is 76.1 Å². The number of hydrogen-bond donors (Lipinski definition) is 1. The fourth-order valence-electron chi connectivity index (χ4n) is 3.34. The Morgan fingerprint density at radius 2 is 1.88 bits per heavy atom. The van der Waals surface area contributed by atoms with E-state index in [1.165, 1.54) is 17.6 Å². The van der Waals surface area contributed by atoms with Crippen LogP contribution in [0.25, 0.3) is 10.2 Å². The fourth-order valence-corrected chi connectivity index (χ4v) is 4.96. The number of carbonyl (C=O) groups is 1. The number of aromatic nitrogens is 1. The second kappa shape index (κ2) is 6.17. The highest BCUT2D eigenvalue weighted by Gasteiger charge is 2.45. The van der Waals surface area contributed by atoms with Gasteiger partial charge in [0, 0.05) is 6.26 Å². The number of rotatable bonds is 4. The van der Waals surface area contributed by atoms with Crippen LogP contribution in [0.4, 0.5) is 5.13 Å². The number of sulfone groups is 1. The SMILES string of the molecule is CS(=O)(=O)c1ccc2nc(NC(=O)C3(c4ccccc4)CCC3)sc2c1. The summed E-state index contributed by atoms with van der Waals surface area (Å²) in [6, 6.07) is 14.7. The Bertz CT molecular complexity index is 1080. The zero-order valence-electron chi connectivity index (χ0n) is 14.2. The number of thiazole rings is 1. The van der Waals surface area contributed by atoms with Gasteiger partial charge in [0.2, 0.25) is 5.91 Å². The highest BCUT2D eigenvalue weighted by Crippen LogP contribution is 2.44. The van der Waals surface area contributed by atoms with E-state index in [-0.39, 0.29) is 10.8 Å². The van der Waals surface area contributed by atoms with E-state index in [1.807, 2.05) is 30.3 Å². The van der Waals surface area contributed by atoms with E-state index in [9.17, 15) is 13.2 Å². The molecular weight excluding hydrogens is 368 g/mol. The van der Waals surface area contributed by atoms with Gasteiger partial charge in [0.1, 0.15) is 0 Å². The van der Waals surface area contributed by atoms with Gasteiger partial charge >= 0.3 is 0 Å². The monoisotopic (exact) mass is 386 g/mol. The summed E-state index contributed by atoms with van der Waals surface area (Å²) in [6.45, 7) is 0. The molecule has 4 rings (SSSR count). The maximum absolute atomic E-state index is 13.0. The van der Waals surface area contributed by atoms with Crippen LogP contribution in [0.15, 0.2) is 53.4 Å². The highest BCUT2D eigenvalue weighted by atomic mass is 32.2. The summed E-state index contributed by atoms with van der Waals surface area (Å²) in [5.41, 5.74) is 1.22. The Hall–Kier alpha value is -2.25. The Morgan fingerprint density at radius 3 is 2.50 bits per heavy atom. The van der Waals surface area contributed by atoms with Gasteiger partial charge in [-0.1, -0.05) is 48.1 Å². The third kappa shape index (κ3) is 2.91. The summed E-state index contributed by atoms with van der Waals surface area (Å²) in [5.74, 6) is -0.0441. The molecule has 5 nitrogen and oxygen atoms in total. The average Bonchev–Trinajstić information content (AvgIpc) is 2.95. The molecular formula is C19H18N2O3S2. The Labute approximate surface area is 156 Å². The Kier molecular flexibility index (Phi) is 4.08. The average molecular weight is 386 g/mol. The molecule has 0 radical (unpaired) electrons. The first kappa shape index (κ1) is 17.2. The van der Waals surface area contributed by atoms with E-state index >= 15 is 0 Å². The van der Waals surface area contributed by atoms with Gasteiger partial charge in [-0.2, -0.15) is 0 Å². The number of anilines is 1. The van der Waals surface area contributed by atoms with Crippen LogP contribution in [0.3, 0.4) is 0 Å². The largest absolute Gasteiger partial charge is 0.301 e. The number of nitrogens with one attached hydrogen (secondary N) is 1. The molecule has 134 valence electrons. The number of benzene rings is 2. The lowest BCUT2D eigenvalue weighted by Gasteiger charge is -2.40. The molecule has 0 atom stereocenters. The molecule has 0 bridgehead atoms. The summed E-state index contributed by atoms with van der Waals surface area (Å²) >= 11 is 1.29. The van der Waals surface area contributed by atoms with Gasteiger partial charge in [0.15, 0.2) is 15.0 Å². The molecule has 0 aliphatic heterocycles. The maximum atomic E-state index is 13.0. The van der Waals surface area contributed by atoms with E-state index < -0.39 is 15.3 Å². The number of fused-ring (bicyclic) bond motifs is 1. The number of carbonyl (C=O) groups excluding carboxylic acids is 1. The van der Waals surface area contributed by atoms with Crippen LogP contribution in [0.1, 0.15) is 24.8 Å². The van der Waals surface area contributed by atoms with Gasteiger partial charge in [-0.05, 0) is 36.6 Å². The zero-order chi connectivity index (χ0) is 18.4. The quantitative estimate of drug-likeness (QED) is 0.741. The van der Waals surface area contributed by atoms with Crippen molar-refractivity contribution in [3.05, 3.63) is 54.1 Å². The Morgan fingerprint density at radius 1 is 1.15 bits per heavy atom. The van der Waals surface area contributed by atoms with Crippen molar-refractivity contribution in [2.24, 2.45) is 0 Å². The normalized spacial score (nSPS) is 16.2. The first-order valence-corrected chi connectivity index (χ1v) is 11.1. The lowest BCUT2D eigenvalue weighted by Crippen LogP contribution is -2.45. The van der Waals surface area contributed by atoms with E-state index in [0.717, 1.165) is 29.5 Å². The van der Waals surface area contributed by atoms with Crippen molar-refractivity contribution in [3.63, 3.8) is 0 Å². The van der Waals surface area contributed by atoms with Crippen molar-refractivity contribution < 1.29 is 13.2 Å². The molecule has 2 aromatic carbocycles. The number of nitrogens with zero attached hydrogens (tertiary/aromatic N) is 1. The molecule has 7 heteroatoms. The fraction of sp³-hybridized carbons (Fsp3) is 0.263. The van der Waals surface area contributed by atoms with Crippen LogP contribution in [0.2, 0.25) is 0 Å². The molecule has 1 heterocycles. The summed E-state index contributed by atoms with van der Waals surface area (Å²) in [5, 5.41) is 3.45. The molecule has 26 heavy (non-hydrogen) atoms. The standard InChI is InChI=1S/C19H18N2O3S2/c1-26(23,24)14-8-9-15-16(12-14)25-18(20-15)21-17(22)19(10-5-11-19)13-6-3-2-4-7-13/h2-4,6-9,12H,5,10-11H2,1H3,(H,20,21,22). The zero-order valence-corrected chi connectivity index (χ0v) is 15.9. The molecule has 1 aliphatic rings. The molecule has 0 saturated heterocycles. The molecule has 1 N–H and O–H groups in total. The predicted octanol–water partition coefficient (Wildman–Crippen LogP) is 3.76. The van der Waals surface area contributed by atoms with E-state index in [2.05, 4.69) is 10.3 Å². The minimum Gasteiger partial charge on any atom is -0.301 e. The van der Waals surface area contributed by atoms with Crippen LogP contribution in [-0.2, 0) is 20.0 Å². The van der Waals surface area contributed by atoms with Crippen molar-refractivity contribution in [2.45, 2.75) is 29.6 Å². The van der Waals surface area contributed by atoms with E-state index in [4.69, 9.17) is 0 Å². The smallest absolute Gasteiger partial charge is 0.236 e. The van der Waals surface area contributed by atoms with E-state index in [0.29, 0.717) is 10.6 Å². The van der Waals surface area contributed by atoms with Gasteiger partial charge in [-0.15, -0.1) is 0 Å². The number of hydrogen-bond acceptors (Lipinski definition) is 5. The lowest BCUT2D eigenvalue weighted by molar-refractivity contribution is -0.124. The Balaban J connectivity index is 1.63. The summed E-state index contributed by atoms with van der Waals surface area (Å²) in [6.07, 6.45) is 3.86. The molecule has 1 aliphatic carbocycles. The van der Waals surface area contributed by atoms with Gasteiger partial charge in [0.05, 0.1) is 20.5 Å². The number of amides is 1. The van der Waals surface area contributed by atoms with Gasteiger partial charge in [-0.3, -0.25) is 4.79 Å². The van der Waals surface area contributed by atoms with E-state index in [1.54, 1.807) is 18.2 Å². The summed E-state index contributed by atoms with van der Waals surface area (Å²) in [7, 11) is -3.27. The lowest BCUT2D eigenvalue weighted by atomic mass is 9.64. The minimum absolute atomic E-state index is 0.0441. The maximum Gasteiger partial charge on any atom is 0.236 e. The summed E-state index contributed by atoms with van der Waals surface area (Å²) in [4.78, 5) is 17.7. The molecule has 1 aromatic heterocycles. The van der Waals surface area contributed by atoms with Gasteiger partial charge in [-0.25, -0.2) is 13.4 Å². The van der Waals surface area contributed by atoms with Gasteiger partial charge < -0.3 is 5.32 Å². The van der Waals surface area contributed by atoms with Crippen LogP contribution >= 0.6 is 11.3 Å². The first-order chi connectivity index (χ1) is 12.4. The van der Waals surface area contributed by atoms with Crippen LogP contribution in [0.5, 0.6) is 0 Å².